The van der Waals surface area contributed by atoms with Gasteiger partial charge < -0.3 is 11.1 Å². The zero-order valence-corrected chi connectivity index (χ0v) is 8.06. The second kappa shape index (κ2) is 6.62. The van der Waals surface area contributed by atoms with Gasteiger partial charge in [-0.1, -0.05) is 13.8 Å². The summed E-state index contributed by atoms with van der Waals surface area (Å²) in [5.41, 5.74) is 5.67. The van der Waals surface area contributed by atoms with E-state index < -0.39 is 0 Å². The summed E-state index contributed by atoms with van der Waals surface area (Å²) in [5, 5.41) is 3.38. The van der Waals surface area contributed by atoms with Gasteiger partial charge >= 0.3 is 0 Å². The van der Waals surface area contributed by atoms with Gasteiger partial charge in [0.1, 0.15) is 0 Å². The summed E-state index contributed by atoms with van der Waals surface area (Å²) < 4.78 is 0. The largest absolute Gasteiger partial charge is 0.328 e. The highest BCUT2D eigenvalue weighted by atomic mass is 14.8. The summed E-state index contributed by atoms with van der Waals surface area (Å²) in [5.74, 6) is 0.710. The molecule has 11 heavy (non-hydrogen) atoms. The molecule has 3 N–H and O–H groups in total. The zero-order chi connectivity index (χ0) is 8.69. The summed E-state index contributed by atoms with van der Waals surface area (Å²) in [4.78, 5) is 0. The molecule has 2 heteroatoms. The number of hydrogen-bond donors (Lipinski definition) is 2. The SMILES string of the molecule is CCCNCC(C)CC(C)N. The lowest BCUT2D eigenvalue weighted by Crippen LogP contribution is -2.26. The van der Waals surface area contributed by atoms with Crippen LogP contribution in [0.5, 0.6) is 0 Å². The van der Waals surface area contributed by atoms with Crippen LogP contribution in [0.3, 0.4) is 0 Å². The third-order valence-corrected chi connectivity index (χ3v) is 1.69. The first kappa shape index (κ1) is 10.9. The molecule has 0 aliphatic heterocycles. The normalized spacial score (nSPS) is 16.4. The minimum atomic E-state index is 0.341. The van der Waals surface area contributed by atoms with Gasteiger partial charge in [-0.2, -0.15) is 0 Å². The molecular formula is C9H22N2. The highest BCUT2D eigenvalue weighted by molar-refractivity contribution is 4.62. The minimum absolute atomic E-state index is 0.341. The van der Waals surface area contributed by atoms with Gasteiger partial charge in [-0.15, -0.1) is 0 Å². The Bertz CT molecular complexity index is 81.6. The Morgan fingerprint density at radius 2 is 2.00 bits per heavy atom. The van der Waals surface area contributed by atoms with Crippen molar-refractivity contribution in [2.24, 2.45) is 11.7 Å². The molecule has 0 fully saturated rings. The fraction of sp³-hybridized carbons (Fsp3) is 1.00. The Balaban J connectivity index is 3.15. The van der Waals surface area contributed by atoms with E-state index in [1.165, 1.54) is 6.42 Å². The van der Waals surface area contributed by atoms with Crippen LogP contribution in [0, 0.1) is 5.92 Å². The monoisotopic (exact) mass is 158 g/mol. The lowest BCUT2D eigenvalue weighted by Gasteiger charge is -2.13. The summed E-state index contributed by atoms with van der Waals surface area (Å²) in [6.07, 6.45) is 2.33. The molecule has 2 atom stereocenters. The van der Waals surface area contributed by atoms with Crippen molar-refractivity contribution in [3.8, 4) is 0 Å². The molecule has 0 aliphatic carbocycles. The zero-order valence-electron chi connectivity index (χ0n) is 8.06. The Kier molecular flexibility index (Phi) is 6.57. The van der Waals surface area contributed by atoms with Gasteiger partial charge in [-0.05, 0) is 38.8 Å². The van der Waals surface area contributed by atoms with Gasteiger partial charge in [0.2, 0.25) is 0 Å². The van der Waals surface area contributed by atoms with Gasteiger partial charge in [0, 0.05) is 6.04 Å². The molecule has 68 valence electrons. The van der Waals surface area contributed by atoms with Crippen LogP contribution in [-0.2, 0) is 0 Å². The second-order valence-electron chi connectivity index (χ2n) is 3.52. The van der Waals surface area contributed by atoms with Crippen LogP contribution in [0.2, 0.25) is 0 Å². The Hall–Kier alpha value is -0.0800. The number of rotatable bonds is 6. The first-order valence-corrected chi connectivity index (χ1v) is 4.63. The van der Waals surface area contributed by atoms with Crippen LogP contribution in [-0.4, -0.2) is 19.1 Å². The molecule has 0 rings (SSSR count). The maximum absolute atomic E-state index is 5.67. The number of nitrogens with two attached hydrogens (primary N) is 1. The van der Waals surface area contributed by atoms with E-state index in [1.54, 1.807) is 0 Å². The van der Waals surface area contributed by atoms with Crippen LogP contribution in [0.1, 0.15) is 33.6 Å². The summed E-state index contributed by atoms with van der Waals surface area (Å²) in [6, 6.07) is 0.341. The predicted octanol–water partition coefficient (Wildman–Crippen LogP) is 1.36. The summed E-state index contributed by atoms with van der Waals surface area (Å²) in [6.45, 7) is 8.73. The third-order valence-electron chi connectivity index (χ3n) is 1.69. The lowest BCUT2D eigenvalue weighted by molar-refractivity contribution is 0.447. The van der Waals surface area contributed by atoms with Crippen molar-refractivity contribution in [1.29, 1.82) is 0 Å². The van der Waals surface area contributed by atoms with Crippen LogP contribution in [0.25, 0.3) is 0 Å². The van der Waals surface area contributed by atoms with Crippen molar-refractivity contribution in [2.75, 3.05) is 13.1 Å². The van der Waals surface area contributed by atoms with Crippen molar-refractivity contribution in [3.63, 3.8) is 0 Å². The molecule has 2 nitrogen and oxygen atoms in total. The van der Waals surface area contributed by atoms with Gasteiger partial charge in [-0.3, -0.25) is 0 Å². The smallest absolute Gasteiger partial charge is 0.00134 e. The van der Waals surface area contributed by atoms with E-state index >= 15 is 0 Å². The average molecular weight is 158 g/mol. The van der Waals surface area contributed by atoms with Gasteiger partial charge in [-0.25, -0.2) is 0 Å². The molecular weight excluding hydrogens is 136 g/mol. The molecule has 0 aromatic heterocycles. The molecule has 0 aromatic carbocycles. The molecule has 2 unspecified atom stereocenters. The molecule has 0 aromatic rings. The van der Waals surface area contributed by atoms with E-state index in [4.69, 9.17) is 5.73 Å². The molecule has 0 spiro atoms. The van der Waals surface area contributed by atoms with E-state index in [2.05, 4.69) is 26.1 Å². The Morgan fingerprint density at radius 1 is 1.36 bits per heavy atom. The van der Waals surface area contributed by atoms with Gasteiger partial charge in [0.25, 0.3) is 0 Å². The van der Waals surface area contributed by atoms with E-state index in [-0.39, 0.29) is 0 Å². The fourth-order valence-corrected chi connectivity index (χ4v) is 1.24. The molecule has 0 amide bonds. The van der Waals surface area contributed by atoms with E-state index in [1.807, 2.05) is 0 Å². The molecule has 0 saturated heterocycles. The fourth-order valence-electron chi connectivity index (χ4n) is 1.24. The van der Waals surface area contributed by atoms with Crippen molar-refractivity contribution in [3.05, 3.63) is 0 Å². The molecule has 0 bridgehead atoms. The maximum Gasteiger partial charge on any atom is 0.00134 e. The first-order chi connectivity index (χ1) is 5.16. The van der Waals surface area contributed by atoms with Crippen LogP contribution in [0.4, 0.5) is 0 Å². The van der Waals surface area contributed by atoms with Crippen molar-refractivity contribution < 1.29 is 0 Å². The Labute approximate surface area is 70.5 Å². The predicted molar refractivity (Wildman–Crippen MR) is 50.6 cm³/mol. The molecule has 0 aliphatic rings. The summed E-state index contributed by atoms with van der Waals surface area (Å²) >= 11 is 0. The molecule has 0 radical (unpaired) electrons. The van der Waals surface area contributed by atoms with Crippen molar-refractivity contribution >= 4 is 0 Å². The second-order valence-corrected chi connectivity index (χ2v) is 3.52. The quantitative estimate of drug-likeness (QED) is 0.573. The van der Waals surface area contributed by atoms with E-state index in [9.17, 15) is 0 Å². The van der Waals surface area contributed by atoms with Gasteiger partial charge in [0.15, 0.2) is 0 Å². The van der Waals surface area contributed by atoms with Crippen molar-refractivity contribution in [2.45, 2.75) is 39.7 Å². The lowest BCUT2D eigenvalue weighted by atomic mass is 10.0. The minimum Gasteiger partial charge on any atom is -0.328 e. The topological polar surface area (TPSA) is 38.0 Å². The third kappa shape index (κ3) is 7.82. The number of hydrogen-bond acceptors (Lipinski definition) is 2. The standard InChI is InChI=1S/C9H22N2/c1-4-5-11-7-8(2)6-9(3)10/h8-9,11H,4-7,10H2,1-3H3. The van der Waals surface area contributed by atoms with E-state index in [0.717, 1.165) is 19.5 Å². The maximum atomic E-state index is 5.67. The average Bonchev–Trinajstić information content (AvgIpc) is 1.86. The Morgan fingerprint density at radius 3 is 2.45 bits per heavy atom. The number of nitrogens with one attached hydrogen (secondary N) is 1. The van der Waals surface area contributed by atoms with Crippen LogP contribution >= 0.6 is 0 Å². The highest BCUT2D eigenvalue weighted by Gasteiger charge is 2.03. The highest BCUT2D eigenvalue weighted by Crippen LogP contribution is 2.01. The first-order valence-electron chi connectivity index (χ1n) is 4.63. The van der Waals surface area contributed by atoms with Crippen LogP contribution in [0.15, 0.2) is 0 Å². The molecule has 0 heterocycles. The summed E-state index contributed by atoms with van der Waals surface area (Å²) in [7, 11) is 0. The molecule has 0 saturated carbocycles. The van der Waals surface area contributed by atoms with E-state index in [0.29, 0.717) is 12.0 Å². The van der Waals surface area contributed by atoms with Crippen LogP contribution < -0.4 is 11.1 Å². The van der Waals surface area contributed by atoms with Crippen molar-refractivity contribution in [1.82, 2.24) is 5.32 Å². The van der Waals surface area contributed by atoms with Gasteiger partial charge in [0.05, 0.1) is 0 Å².